The molecule has 1 aromatic carbocycles. The molecule has 0 radical (unpaired) electrons. The average Bonchev–Trinajstić information content (AvgIpc) is 2.65. The minimum absolute atomic E-state index is 0.307. The third-order valence-electron chi connectivity index (χ3n) is 3.72. The first-order valence-corrected chi connectivity index (χ1v) is 11.5. The second-order valence-corrected chi connectivity index (χ2v) is 10.3. The van der Waals surface area contributed by atoms with Crippen LogP contribution in [0.25, 0.3) is 0 Å². The fourth-order valence-electron chi connectivity index (χ4n) is 1.81. The van der Waals surface area contributed by atoms with Crippen molar-refractivity contribution in [2.24, 2.45) is 4.58 Å². The van der Waals surface area contributed by atoms with Crippen molar-refractivity contribution in [2.75, 3.05) is 23.1 Å². The number of aliphatic hydroxyl groups excluding tert-OH is 1. The molecule has 2 rings (SSSR count). The number of carbonyl (C=O) groups is 1. The number of benzene rings is 1. The van der Waals surface area contributed by atoms with Gasteiger partial charge in [-0.15, -0.1) is 4.91 Å². The molecule has 0 unspecified atom stereocenters. The first-order valence-electron chi connectivity index (χ1n) is 8.25. The topological polar surface area (TPSA) is 126 Å². The number of anilines is 3. The van der Waals surface area contributed by atoms with Gasteiger partial charge in [-0.1, -0.05) is 0 Å². The maximum absolute atomic E-state index is 12.0. The normalized spacial score (nSPS) is 13.9. The minimum Gasteiger partial charge on any atom is -0.471 e. The van der Waals surface area contributed by atoms with E-state index in [0.29, 0.717) is 27.7 Å². The van der Waals surface area contributed by atoms with Crippen molar-refractivity contribution in [1.29, 1.82) is 0 Å². The second kappa shape index (κ2) is 9.30. The summed E-state index contributed by atoms with van der Waals surface area (Å²) in [5.41, 5.74) is 1.24. The summed E-state index contributed by atoms with van der Waals surface area (Å²) in [6, 6.07) is 6.84. The number of hydrogen-bond acceptors (Lipinski definition) is 8. The van der Waals surface area contributed by atoms with Crippen molar-refractivity contribution < 1.29 is 14.6 Å². The highest BCUT2D eigenvalue weighted by molar-refractivity contribution is 9.10. The minimum atomic E-state index is -2.23. The van der Waals surface area contributed by atoms with Gasteiger partial charge in [-0.25, -0.2) is 4.98 Å². The molecular formula is C17H22BrN5O4S. The predicted octanol–water partition coefficient (Wildman–Crippen LogP) is 4.41. The van der Waals surface area contributed by atoms with Crippen LogP contribution in [-0.2, 0) is 0 Å². The molecule has 0 aliphatic carbocycles. The summed E-state index contributed by atoms with van der Waals surface area (Å²) in [5.74, 6) is 0.616. The van der Waals surface area contributed by atoms with Crippen LogP contribution in [-0.4, -0.2) is 45.0 Å². The highest BCUT2D eigenvalue weighted by atomic mass is 79.9. The molecule has 0 saturated heterocycles. The molecule has 9 nitrogen and oxygen atoms in total. The van der Waals surface area contributed by atoms with Crippen LogP contribution in [0.15, 0.2) is 39.5 Å². The number of rotatable bonds is 7. The van der Waals surface area contributed by atoms with Gasteiger partial charge >= 0.3 is 0 Å². The van der Waals surface area contributed by atoms with Gasteiger partial charge in [0.2, 0.25) is 11.8 Å². The number of nitrogens with zero attached hydrogens (tertiary/aromatic N) is 3. The van der Waals surface area contributed by atoms with Crippen LogP contribution >= 0.6 is 26.1 Å². The fraction of sp³-hybridized carbons (Fsp3) is 0.353. The van der Waals surface area contributed by atoms with Crippen LogP contribution in [0.3, 0.4) is 0 Å². The standard InChI is InChI=1S/C17H22BrN5O4S/c1-10(24)11(2)27-15-14(18)9-19-16(22-15)20-12-5-7-13(8-6-12)21-17(25)28(3,4)23-26/h5-11,24H,1-4H3,(H,21,25)(H,19,20,22)/t10-,11-/m1/s1. The van der Waals surface area contributed by atoms with Crippen molar-refractivity contribution in [1.82, 2.24) is 9.97 Å². The summed E-state index contributed by atoms with van der Waals surface area (Å²) in [6.45, 7) is 3.37. The Hall–Kier alpha value is -2.24. The number of amides is 1. The van der Waals surface area contributed by atoms with E-state index < -0.39 is 27.7 Å². The highest BCUT2D eigenvalue weighted by Gasteiger charge is 2.22. The van der Waals surface area contributed by atoms with Gasteiger partial charge in [0.15, 0.2) is 0 Å². The molecule has 28 heavy (non-hydrogen) atoms. The fourth-order valence-corrected chi connectivity index (χ4v) is 2.53. The van der Waals surface area contributed by atoms with Gasteiger partial charge < -0.3 is 20.5 Å². The van der Waals surface area contributed by atoms with Crippen LogP contribution in [0.2, 0.25) is 0 Å². The Morgan fingerprint density at radius 3 is 2.43 bits per heavy atom. The molecule has 1 heterocycles. The number of aliphatic hydroxyl groups is 1. The third-order valence-corrected chi connectivity index (χ3v) is 5.64. The quantitative estimate of drug-likeness (QED) is 0.510. The summed E-state index contributed by atoms with van der Waals surface area (Å²) in [6.07, 6.45) is 3.50. The molecule has 1 amide bonds. The summed E-state index contributed by atoms with van der Waals surface area (Å²) in [5, 5.41) is 14.9. The summed E-state index contributed by atoms with van der Waals surface area (Å²) >= 11 is 3.32. The lowest BCUT2D eigenvalue weighted by molar-refractivity contribution is 0.0569. The van der Waals surface area contributed by atoms with E-state index in [4.69, 9.17) is 4.74 Å². The monoisotopic (exact) mass is 471 g/mol. The van der Waals surface area contributed by atoms with Crippen molar-refractivity contribution in [3.8, 4) is 5.88 Å². The Bertz CT molecular complexity index is 848. The summed E-state index contributed by atoms with van der Waals surface area (Å²) in [7, 11) is -2.23. The maximum Gasteiger partial charge on any atom is 0.287 e. The van der Waals surface area contributed by atoms with E-state index >= 15 is 0 Å². The third kappa shape index (κ3) is 5.88. The molecule has 0 aliphatic rings. The Balaban J connectivity index is 2.08. The van der Waals surface area contributed by atoms with Crippen LogP contribution < -0.4 is 15.4 Å². The molecule has 1 aromatic heterocycles. The Kier molecular flexibility index (Phi) is 7.33. The number of nitrogens with one attached hydrogen (secondary N) is 2. The molecule has 0 saturated carbocycles. The average molecular weight is 472 g/mol. The lowest BCUT2D eigenvalue weighted by Crippen LogP contribution is -2.26. The first-order chi connectivity index (χ1) is 13.1. The van der Waals surface area contributed by atoms with Gasteiger partial charge in [0.1, 0.15) is 6.10 Å². The Morgan fingerprint density at radius 2 is 1.86 bits per heavy atom. The molecule has 0 spiro atoms. The van der Waals surface area contributed by atoms with Crippen LogP contribution in [0.1, 0.15) is 13.8 Å². The summed E-state index contributed by atoms with van der Waals surface area (Å²) < 4.78 is 9.09. The Morgan fingerprint density at radius 1 is 1.25 bits per heavy atom. The zero-order chi connectivity index (χ0) is 20.9. The zero-order valence-corrected chi connectivity index (χ0v) is 18.2. The first kappa shape index (κ1) is 22.1. The van der Waals surface area contributed by atoms with Gasteiger partial charge in [0.05, 0.1) is 16.8 Å². The number of aromatic nitrogens is 2. The molecule has 2 aromatic rings. The van der Waals surface area contributed by atoms with Gasteiger partial charge in [-0.2, -0.15) is 4.98 Å². The van der Waals surface area contributed by atoms with Crippen molar-refractivity contribution >= 4 is 48.7 Å². The SMILES string of the molecule is C[C@@H](O)[C@@H](C)Oc1nc(Nc2ccc(NC(=O)S(C)(C)N=O)cc2)ncc1Br. The van der Waals surface area contributed by atoms with E-state index in [9.17, 15) is 14.8 Å². The number of nitroso groups, excluding NO2 is 1. The summed E-state index contributed by atoms with van der Waals surface area (Å²) in [4.78, 5) is 31.2. The van der Waals surface area contributed by atoms with E-state index in [1.807, 2.05) is 0 Å². The smallest absolute Gasteiger partial charge is 0.287 e. The van der Waals surface area contributed by atoms with Crippen LogP contribution in [0, 0.1) is 4.91 Å². The van der Waals surface area contributed by atoms with Crippen molar-refractivity contribution in [2.45, 2.75) is 26.1 Å². The van der Waals surface area contributed by atoms with Gasteiger partial charge in [0, 0.05) is 11.4 Å². The van der Waals surface area contributed by atoms with Crippen LogP contribution in [0.5, 0.6) is 5.88 Å². The molecule has 0 aliphatic heterocycles. The Labute approximate surface area is 172 Å². The van der Waals surface area contributed by atoms with Crippen molar-refractivity contribution in [3.63, 3.8) is 0 Å². The molecule has 3 N–H and O–H groups in total. The van der Waals surface area contributed by atoms with Crippen LogP contribution in [0.4, 0.5) is 22.1 Å². The number of halogens is 1. The van der Waals surface area contributed by atoms with Crippen molar-refractivity contribution in [3.05, 3.63) is 39.8 Å². The number of ether oxygens (including phenoxy) is 1. The van der Waals surface area contributed by atoms with E-state index in [0.717, 1.165) is 0 Å². The van der Waals surface area contributed by atoms with E-state index in [-0.39, 0.29) is 0 Å². The second-order valence-electron chi connectivity index (χ2n) is 6.37. The predicted molar refractivity (Wildman–Crippen MR) is 115 cm³/mol. The highest BCUT2D eigenvalue weighted by Crippen LogP contribution is 2.42. The van der Waals surface area contributed by atoms with Gasteiger partial charge in [0.25, 0.3) is 5.24 Å². The number of carbonyl (C=O) groups excluding carboxylic acids is 1. The van der Waals surface area contributed by atoms with Gasteiger partial charge in [-0.3, -0.25) is 4.79 Å². The van der Waals surface area contributed by atoms with E-state index in [1.54, 1.807) is 44.3 Å². The van der Waals surface area contributed by atoms with Gasteiger partial charge in [-0.05, 0) is 81.4 Å². The lowest BCUT2D eigenvalue weighted by atomic mass is 10.3. The lowest BCUT2D eigenvalue weighted by Gasteiger charge is -2.19. The van der Waals surface area contributed by atoms with E-state index in [2.05, 4.69) is 41.1 Å². The molecule has 0 bridgehead atoms. The molecular weight excluding hydrogens is 450 g/mol. The molecule has 0 fully saturated rings. The van der Waals surface area contributed by atoms with E-state index in [1.165, 1.54) is 12.5 Å². The maximum atomic E-state index is 12.0. The largest absolute Gasteiger partial charge is 0.471 e. The molecule has 2 atom stereocenters. The zero-order valence-electron chi connectivity index (χ0n) is 15.8. The molecule has 11 heteroatoms. The number of hydrogen-bond donors (Lipinski definition) is 3. The molecule has 152 valence electrons.